The van der Waals surface area contributed by atoms with E-state index in [0.717, 1.165) is 73.8 Å². The van der Waals surface area contributed by atoms with Crippen LogP contribution in [0.1, 0.15) is 18.4 Å². The molecule has 0 radical (unpaired) electrons. The van der Waals surface area contributed by atoms with Gasteiger partial charge >= 0.3 is 0 Å². The second-order valence-electron chi connectivity index (χ2n) is 8.49. The van der Waals surface area contributed by atoms with E-state index in [1.54, 1.807) is 13.2 Å². The monoisotopic (exact) mass is 498 g/mol. The first-order valence-electron chi connectivity index (χ1n) is 11.3. The van der Waals surface area contributed by atoms with Gasteiger partial charge in [0.2, 0.25) is 5.91 Å². The molecular weight excluding hydrogens is 468 g/mol. The first-order valence-corrected chi connectivity index (χ1v) is 12.1. The lowest BCUT2D eigenvalue weighted by Gasteiger charge is -2.39. The van der Waals surface area contributed by atoms with Crippen molar-refractivity contribution in [2.24, 2.45) is 5.92 Å². The Balaban J connectivity index is 1.28. The van der Waals surface area contributed by atoms with Gasteiger partial charge in [0.05, 0.1) is 7.11 Å². The average molecular weight is 499 g/mol. The molecule has 2 aliphatic heterocycles. The van der Waals surface area contributed by atoms with Crippen LogP contribution in [0.3, 0.4) is 0 Å². The summed E-state index contributed by atoms with van der Waals surface area (Å²) in [5.74, 6) is 2.44. The van der Waals surface area contributed by atoms with Crippen molar-refractivity contribution in [2.45, 2.75) is 12.8 Å². The lowest BCUT2D eigenvalue weighted by atomic mass is 9.97. The van der Waals surface area contributed by atoms with Gasteiger partial charge < -0.3 is 14.5 Å². The molecule has 2 aromatic rings. The summed E-state index contributed by atoms with van der Waals surface area (Å²) in [5.41, 5.74) is 0.898. The van der Waals surface area contributed by atoms with Crippen LogP contribution < -0.4 is 9.64 Å². The van der Waals surface area contributed by atoms with Gasteiger partial charge in [-0.1, -0.05) is 22.0 Å². The molecule has 0 bridgehead atoms. The van der Waals surface area contributed by atoms with E-state index in [1.807, 2.05) is 47.5 Å². The summed E-state index contributed by atoms with van der Waals surface area (Å²) < 4.78 is 6.37. The number of hydrogen-bond acceptors (Lipinski definition) is 5. The second-order valence-corrected chi connectivity index (χ2v) is 9.40. The molecule has 0 aliphatic carbocycles. The summed E-state index contributed by atoms with van der Waals surface area (Å²) in [7, 11) is 1.65. The number of amides is 1. The predicted molar refractivity (Wildman–Crippen MR) is 132 cm³/mol. The van der Waals surface area contributed by atoms with Crippen LogP contribution in [-0.2, 0) is 4.79 Å². The van der Waals surface area contributed by atoms with Crippen molar-refractivity contribution >= 4 is 33.7 Å². The fourth-order valence-electron chi connectivity index (χ4n) is 4.58. The molecule has 2 fully saturated rings. The van der Waals surface area contributed by atoms with Gasteiger partial charge in [-0.05, 0) is 55.2 Å². The molecule has 170 valence electrons. The van der Waals surface area contributed by atoms with E-state index in [1.165, 1.54) is 6.42 Å². The summed E-state index contributed by atoms with van der Waals surface area (Å²) in [6.45, 7) is 6.82. The Hall–Kier alpha value is -2.38. The number of carbonyl (C=O) groups is 1. The number of piperazine rings is 1. The highest BCUT2D eigenvalue weighted by Crippen LogP contribution is 2.25. The average Bonchev–Trinajstić information content (AvgIpc) is 2.84. The third kappa shape index (κ3) is 5.90. The summed E-state index contributed by atoms with van der Waals surface area (Å²) in [4.78, 5) is 24.2. The van der Waals surface area contributed by atoms with Crippen molar-refractivity contribution in [3.05, 3.63) is 58.7 Å². The highest BCUT2D eigenvalue weighted by Gasteiger charge is 2.26. The van der Waals surface area contributed by atoms with Gasteiger partial charge in [-0.3, -0.25) is 9.69 Å². The largest absolute Gasteiger partial charge is 0.496 e. The standard InChI is InChI=1S/C25H31BrN4O2/c1-32-23-9-8-22(26)17-21(23)7-10-25(31)30-12-4-5-20(19-30)18-28-13-15-29(16-14-28)24-6-2-3-11-27-24/h2-3,6-11,17,20H,4-5,12-16,18-19H2,1H3/b10-7+. The van der Waals surface area contributed by atoms with E-state index in [0.29, 0.717) is 5.92 Å². The van der Waals surface area contributed by atoms with Crippen molar-refractivity contribution in [1.29, 1.82) is 0 Å². The Bertz CT molecular complexity index is 929. The molecule has 7 heteroatoms. The zero-order valence-corrected chi connectivity index (χ0v) is 20.2. The van der Waals surface area contributed by atoms with Gasteiger partial charge in [-0.2, -0.15) is 0 Å². The maximum Gasteiger partial charge on any atom is 0.246 e. The topological polar surface area (TPSA) is 48.9 Å². The number of piperidine rings is 1. The number of aromatic nitrogens is 1. The number of nitrogens with zero attached hydrogens (tertiary/aromatic N) is 4. The Labute approximate surface area is 199 Å². The normalized spacial score (nSPS) is 20.0. The van der Waals surface area contributed by atoms with Crippen molar-refractivity contribution in [1.82, 2.24) is 14.8 Å². The molecule has 0 spiro atoms. The molecule has 1 aromatic carbocycles. The molecule has 2 saturated heterocycles. The molecule has 6 nitrogen and oxygen atoms in total. The van der Waals surface area contributed by atoms with Gasteiger partial charge in [0.1, 0.15) is 11.6 Å². The summed E-state index contributed by atoms with van der Waals surface area (Å²) in [6.07, 6.45) is 7.65. The molecule has 1 atom stereocenters. The Morgan fingerprint density at radius 1 is 1.19 bits per heavy atom. The van der Waals surface area contributed by atoms with Gasteiger partial charge in [0.15, 0.2) is 0 Å². The van der Waals surface area contributed by atoms with Crippen LogP contribution in [0.15, 0.2) is 53.1 Å². The zero-order chi connectivity index (χ0) is 22.3. The fourth-order valence-corrected chi connectivity index (χ4v) is 4.96. The molecule has 1 aromatic heterocycles. The number of benzene rings is 1. The minimum Gasteiger partial charge on any atom is -0.496 e. The zero-order valence-electron chi connectivity index (χ0n) is 18.6. The Morgan fingerprint density at radius 3 is 2.78 bits per heavy atom. The van der Waals surface area contributed by atoms with Crippen LogP contribution in [0.4, 0.5) is 5.82 Å². The van der Waals surface area contributed by atoms with Crippen LogP contribution in [0, 0.1) is 5.92 Å². The lowest BCUT2D eigenvalue weighted by Crippen LogP contribution is -2.50. The number of carbonyl (C=O) groups excluding carboxylic acids is 1. The number of pyridine rings is 1. The SMILES string of the molecule is COc1ccc(Br)cc1/C=C/C(=O)N1CCCC(CN2CCN(c3ccccn3)CC2)C1. The molecule has 4 rings (SSSR count). The number of rotatable bonds is 6. The molecule has 0 N–H and O–H groups in total. The van der Waals surface area contributed by atoms with E-state index < -0.39 is 0 Å². The third-order valence-corrected chi connectivity index (χ3v) is 6.78. The number of hydrogen-bond donors (Lipinski definition) is 0. The van der Waals surface area contributed by atoms with Gasteiger partial charge in [0.25, 0.3) is 0 Å². The molecular formula is C25H31BrN4O2. The number of ether oxygens (including phenoxy) is 1. The minimum atomic E-state index is 0.0803. The smallest absolute Gasteiger partial charge is 0.246 e. The lowest BCUT2D eigenvalue weighted by molar-refractivity contribution is -0.127. The van der Waals surface area contributed by atoms with Crippen molar-refractivity contribution in [3.63, 3.8) is 0 Å². The van der Waals surface area contributed by atoms with Crippen LogP contribution in [0.5, 0.6) is 5.75 Å². The second kappa shape index (κ2) is 11.0. The number of methoxy groups -OCH3 is 1. The van der Waals surface area contributed by atoms with E-state index in [2.05, 4.69) is 36.8 Å². The third-order valence-electron chi connectivity index (χ3n) is 6.29. The van der Waals surface area contributed by atoms with E-state index in [4.69, 9.17) is 4.74 Å². The van der Waals surface area contributed by atoms with Gasteiger partial charge in [0, 0.05) is 68.1 Å². The van der Waals surface area contributed by atoms with E-state index in [9.17, 15) is 4.79 Å². The molecule has 1 unspecified atom stereocenters. The predicted octanol–water partition coefficient (Wildman–Crippen LogP) is 3.93. The molecule has 2 aliphatic rings. The van der Waals surface area contributed by atoms with Crippen LogP contribution >= 0.6 is 15.9 Å². The van der Waals surface area contributed by atoms with E-state index in [-0.39, 0.29) is 5.91 Å². The first kappa shape index (κ1) is 22.8. The number of anilines is 1. The molecule has 1 amide bonds. The Kier molecular flexibility index (Phi) is 7.81. The molecule has 3 heterocycles. The first-order chi connectivity index (χ1) is 15.6. The minimum absolute atomic E-state index is 0.0803. The van der Waals surface area contributed by atoms with Gasteiger partial charge in [-0.25, -0.2) is 4.98 Å². The van der Waals surface area contributed by atoms with Crippen LogP contribution in [0.2, 0.25) is 0 Å². The van der Waals surface area contributed by atoms with Gasteiger partial charge in [-0.15, -0.1) is 0 Å². The molecule has 0 saturated carbocycles. The van der Waals surface area contributed by atoms with Crippen LogP contribution in [0.25, 0.3) is 6.08 Å². The summed E-state index contributed by atoms with van der Waals surface area (Å²) in [6, 6.07) is 11.9. The number of halogens is 1. The van der Waals surface area contributed by atoms with Crippen molar-refractivity contribution < 1.29 is 9.53 Å². The quantitative estimate of drug-likeness (QED) is 0.564. The van der Waals surface area contributed by atoms with Crippen LogP contribution in [-0.4, -0.2) is 73.6 Å². The number of likely N-dealkylation sites (tertiary alicyclic amines) is 1. The van der Waals surface area contributed by atoms with Crippen molar-refractivity contribution in [2.75, 3.05) is 57.8 Å². The highest BCUT2D eigenvalue weighted by atomic mass is 79.9. The maximum atomic E-state index is 12.9. The van der Waals surface area contributed by atoms with Crippen molar-refractivity contribution in [3.8, 4) is 5.75 Å². The maximum absolute atomic E-state index is 12.9. The summed E-state index contributed by atoms with van der Waals surface area (Å²) >= 11 is 3.49. The highest BCUT2D eigenvalue weighted by molar-refractivity contribution is 9.10. The fraction of sp³-hybridized carbons (Fsp3) is 0.440. The summed E-state index contributed by atoms with van der Waals surface area (Å²) in [5, 5.41) is 0. The molecule has 32 heavy (non-hydrogen) atoms. The Morgan fingerprint density at radius 2 is 2.03 bits per heavy atom. The van der Waals surface area contributed by atoms with E-state index >= 15 is 0 Å².